The number of aromatic nitrogens is 4. The van der Waals surface area contributed by atoms with Gasteiger partial charge in [0.2, 0.25) is 0 Å². The van der Waals surface area contributed by atoms with Crippen LogP contribution < -0.4 is 10.6 Å². The lowest BCUT2D eigenvalue weighted by Crippen LogP contribution is -2.30. The van der Waals surface area contributed by atoms with Crippen molar-refractivity contribution in [1.29, 1.82) is 0 Å². The van der Waals surface area contributed by atoms with E-state index in [1.165, 1.54) is 23.2 Å². The fourth-order valence-corrected chi connectivity index (χ4v) is 2.85. The van der Waals surface area contributed by atoms with Gasteiger partial charge in [-0.1, -0.05) is 0 Å². The van der Waals surface area contributed by atoms with Gasteiger partial charge >= 0.3 is 11.9 Å². The maximum absolute atomic E-state index is 13.2. The van der Waals surface area contributed by atoms with Crippen molar-refractivity contribution >= 4 is 16.7 Å². The van der Waals surface area contributed by atoms with Crippen LogP contribution in [0.1, 0.15) is 31.1 Å². The average molecular weight is 365 g/mol. The van der Waals surface area contributed by atoms with Gasteiger partial charge in [0.15, 0.2) is 0 Å². The van der Waals surface area contributed by atoms with E-state index >= 15 is 0 Å². The largest absolute Gasteiger partial charge is 0.416 e. The Hall–Kier alpha value is -2.84. The van der Waals surface area contributed by atoms with Gasteiger partial charge in [-0.2, -0.15) is 18.2 Å². The zero-order valence-corrected chi connectivity index (χ0v) is 14.5. The quantitative estimate of drug-likeness (QED) is 0.771. The molecule has 0 saturated heterocycles. The molecule has 0 spiro atoms. The van der Waals surface area contributed by atoms with E-state index in [0.29, 0.717) is 23.4 Å². The van der Waals surface area contributed by atoms with E-state index in [9.17, 15) is 18.0 Å². The molecule has 0 amide bonds. The van der Waals surface area contributed by atoms with Crippen LogP contribution in [-0.2, 0) is 6.18 Å². The van der Waals surface area contributed by atoms with Crippen molar-refractivity contribution in [3.63, 3.8) is 0 Å². The Balaban J connectivity index is 2.36. The summed E-state index contributed by atoms with van der Waals surface area (Å²) < 4.78 is 40.9. The number of imidazole rings is 1. The molecule has 0 radical (unpaired) electrons. The molecule has 0 saturated carbocycles. The molecular weight excluding hydrogens is 347 g/mol. The first kappa shape index (κ1) is 18.0. The normalized spacial score (nSPS) is 13.2. The van der Waals surface area contributed by atoms with Gasteiger partial charge in [0.25, 0.3) is 0 Å². The third kappa shape index (κ3) is 3.04. The fraction of sp³-hybridized carbons (Fsp3) is 0.353. The molecule has 1 N–H and O–H groups in total. The summed E-state index contributed by atoms with van der Waals surface area (Å²) >= 11 is 0. The number of benzene rings is 1. The van der Waals surface area contributed by atoms with Crippen LogP contribution in [0, 0.1) is 0 Å². The Bertz CT molecular complexity index is 978. The highest BCUT2D eigenvalue weighted by Crippen LogP contribution is 2.34. The molecule has 0 fully saturated rings. The SMILES string of the molecule is CCN(C)c1nc(=O)n([C@H](C)c2cnc[nH]2)c2cc(C(F)(F)F)ccc12. The first-order chi connectivity index (χ1) is 12.2. The minimum absolute atomic E-state index is 0.178. The molecule has 0 aliphatic carbocycles. The predicted molar refractivity (Wildman–Crippen MR) is 92.3 cm³/mol. The Kier molecular flexibility index (Phi) is 4.47. The summed E-state index contributed by atoms with van der Waals surface area (Å²) in [6, 6.07) is 2.82. The highest BCUT2D eigenvalue weighted by Gasteiger charge is 2.31. The highest BCUT2D eigenvalue weighted by molar-refractivity contribution is 5.90. The Labute approximate surface area is 147 Å². The van der Waals surface area contributed by atoms with Gasteiger partial charge in [0.1, 0.15) is 5.82 Å². The van der Waals surface area contributed by atoms with Crippen LogP contribution in [-0.4, -0.2) is 33.1 Å². The Morgan fingerprint density at radius 2 is 2.08 bits per heavy atom. The lowest BCUT2D eigenvalue weighted by atomic mass is 10.1. The molecule has 2 heterocycles. The van der Waals surface area contributed by atoms with E-state index in [-0.39, 0.29) is 5.52 Å². The van der Waals surface area contributed by atoms with E-state index in [2.05, 4.69) is 15.0 Å². The Morgan fingerprint density at radius 3 is 2.65 bits per heavy atom. The van der Waals surface area contributed by atoms with Crippen molar-refractivity contribution in [2.45, 2.75) is 26.1 Å². The minimum atomic E-state index is -4.51. The van der Waals surface area contributed by atoms with Crippen LogP contribution in [0.15, 0.2) is 35.5 Å². The van der Waals surface area contributed by atoms with Crippen molar-refractivity contribution in [2.24, 2.45) is 0 Å². The molecule has 1 atom stereocenters. The summed E-state index contributed by atoms with van der Waals surface area (Å²) in [6.45, 7) is 4.14. The number of halogens is 3. The monoisotopic (exact) mass is 365 g/mol. The molecule has 0 aliphatic rings. The zero-order chi connectivity index (χ0) is 19.1. The first-order valence-corrected chi connectivity index (χ1v) is 8.07. The molecular formula is C17H18F3N5O. The van der Waals surface area contributed by atoms with Crippen molar-refractivity contribution in [1.82, 2.24) is 19.5 Å². The van der Waals surface area contributed by atoms with Gasteiger partial charge in [-0.15, -0.1) is 0 Å². The average Bonchev–Trinajstić information content (AvgIpc) is 3.13. The van der Waals surface area contributed by atoms with Gasteiger partial charge < -0.3 is 9.88 Å². The van der Waals surface area contributed by atoms with Crippen molar-refractivity contribution < 1.29 is 13.2 Å². The number of hydrogen-bond acceptors (Lipinski definition) is 4. The second kappa shape index (κ2) is 6.47. The third-order valence-electron chi connectivity index (χ3n) is 4.43. The molecule has 2 aromatic heterocycles. The smallest absolute Gasteiger partial charge is 0.359 e. The second-order valence-electron chi connectivity index (χ2n) is 6.01. The van der Waals surface area contributed by atoms with E-state index in [0.717, 1.165) is 12.1 Å². The third-order valence-corrected chi connectivity index (χ3v) is 4.43. The number of anilines is 1. The number of alkyl halides is 3. The molecule has 6 nitrogen and oxygen atoms in total. The lowest BCUT2D eigenvalue weighted by molar-refractivity contribution is -0.137. The van der Waals surface area contributed by atoms with Crippen LogP contribution >= 0.6 is 0 Å². The van der Waals surface area contributed by atoms with Gasteiger partial charge in [-0.3, -0.25) is 4.57 Å². The van der Waals surface area contributed by atoms with E-state index < -0.39 is 23.5 Å². The molecule has 138 valence electrons. The van der Waals surface area contributed by atoms with Gasteiger partial charge in [-0.05, 0) is 32.0 Å². The van der Waals surface area contributed by atoms with Gasteiger partial charge in [0, 0.05) is 19.0 Å². The van der Waals surface area contributed by atoms with Gasteiger partial charge in [0.05, 0.1) is 35.3 Å². The molecule has 9 heteroatoms. The van der Waals surface area contributed by atoms with Crippen LogP contribution in [0.3, 0.4) is 0 Å². The molecule has 3 aromatic rings. The van der Waals surface area contributed by atoms with Crippen LogP contribution in [0.2, 0.25) is 0 Å². The number of nitrogens with zero attached hydrogens (tertiary/aromatic N) is 4. The fourth-order valence-electron chi connectivity index (χ4n) is 2.85. The summed E-state index contributed by atoms with van der Waals surface area (Å²) in [4.78, 5) is 25.3. The zero-order valence-electron chi connectivity index (χ0n) is 14.5. The maximum Gasteiger partial charge on any atom is 0.416 e. The van der Waals surface area contributed by atoms with E-state index in [1.54, 1.807) is 18.9 Å². The molecule has 0 aliphatic heterocycles. The van der Waals surface area contributed by atoms with E-state index in [4.69, 9.17) is 0 Å². The summed E-state index contributed by atoms with van der Waals surface area (Å²) in [7, 11) is 1.74. The Morgan fingerprint density at radius 1 is 1.35 bits per heavy atom. The van der Waals surface area contributed by atoms with Crippen LogP contribution in [0.25, 0.3) is 10.9 Å². The van der Waals surface area contributed by atoms with E-state index in [1.807, 2.05) is 6.92 Å². The number of hydrogen-bond donors (Lipinski definition) is 1. The topological polar surface area (TPSA) is 66.8 Å². The maximum atomic E-state index is 13.2. The number of nitrogens with one attached hydrogen (secondary N) is 1. The van der Waals surface area contributed by atoms with Crippen molar-refractivity contribution in [3.05, 3.63) is 52.5 Å². The molecule has 26 heavy (non-hydrogen) atoms. The predicted octanol–water partition coefficient (Wildman–Crippen LogP) is 3.20. The molecule has 1 aromatic carbocycles. The summed E-state index contributed by atoms with van der Waals surface area (Å²) in [5.41, 5.74) is -0.651. The number of H-pyrrole nitrogens is 1. The number of rotatable bonds is 4. The van der Waals surface area contributed by atoms with Crippen LogP contribution in [0.5, 0.6) is 0 Å². The summed E-state index contributed by atoms with van der Waals surface area (Å²) in [5, 5.41) is 0.480. The molecule has 0 unspecified atom stereocenters. The highest BCUT2D eigenvalue weighted by atomic mass is 19.4. The number of fused-ring (bicyclic) bond motifs is 1. The van der Waals surface area contributed by atoms with Crippen molar-refractivity contribution in [3.8, 4) is 0 Å². The molecule has 0 bridgehead atoms. The first-order valence-electron chi connectivity index (χ1n) is 8.07. The standard InChI is InChI=1S/C17H18F3N5O/c1-4-24(3)15-12-6-5-11(17(18,19)20)7-14(12)25(16(26)23-15)10(2)13-8-21-9-22-13/h5-10H,4H2,1-3H3,(H,21,22)/t10-/m1/s1. The summed E-state index contributed by atoms with van der Waals surface area (Å²) in [6.07, 6.45) is -1.53. The van der Waals surface area contributed by atoms with Crippen molar-refractivity contribution in [2.75, 3.05) is 18.5 Å². The summed E-state index contributed by atoms with van der Waals surface area (Å²) in [5.74, 6) is 0.356. The van der Waals surface area contributed by atoms with Gasteiger partial charge in [-0.25, -0.2) is 9.78 Å². The minimum Gasteiger partial charge on any atom is -0.359 e. The lowest BCUT2D eigenvalue weighted by Gasteiger charge is -2.22. The molecule has 3 rings (SSSR count). The van der Waals surface area contributed by atoms with Crippen LogP contribution in [0.4, 0.5) is 19.0 Å². The second-order valence-corrected chi connectivity index (χ2v) is 6.01. The number of aromatic amines is 1.